The quantitative estimate of drug-likeness (QED) is 0.913. The monoisotopic (exact) mass is 342 g/mol. The van der Waals surface area contributed by atoms with E-state index < -0.39 is 23.2 Å². The van der Waals surface area contributed by atoms with Crippen LogP contribution in [0.5, 0.6) is 5.75 Å². The summed E-state index contributed by atoms with van der Waals surface area (Å²) in [5.41, 5.74) is -0.332. The summed E-state index contributed by atoms with van der Waals surface area (Å²) in [6.45, 7) is -0.186. The van der Waals surface area contributed by atoms with Crippen LogP contribution >= 0.6 is 15.9 Å². The summed E-state index contributed by atoms with van der Waals surface area (Å²) in [5, 5.41) is 8.81. The lowest BCUT2D eigenvalue weighted by atomic mass is 10.1. The van der Waals surface area contributed by atoms with Crippen molar-refractivity contribution in [3.05, 3.63) is 63.6 Å². The Balaban J connectivity index is 2.17. The number of ether oxygens (including phenoxy) is 1. The van der Waals surface area contributed by atoms with Gasteiger partial charge in [-0.05, 0) is 34.1 Å². The number of carboxylic acids is 1. The van der Waals surface area contributed by atoms with Crippen molar-refractivity contribution in [2.75, 3.05) is 0 Å². The smallest absolute Gasteiger partial charge is 0.338 e. The summed E-state index contributed by atoms with van der Waals surface area (Å²) in [7, 11) is 0. The molecule has 2 aromatic rings. The van der Waals surface area contributed by atoms with Crippen LogP contribution in [0.1, 0.15) is 15.9 Å². The molecule has 0 aliphatic heterocycles. The van der Waals surface area contributed by atoms with E-state index in [1.165, 1.54) is 30.3 Å². The lowest BCUT2D eigenvalue weighted by Crippen LogP contribution is -2.06. The SMILES string of the molecule is O=C(O)c1cccc(COc2ccc(Br)c(F)c2)c1F. The standard InChI is InChI=1S/C14H9BrF2O3/c15-11-5-4-9(6-12(11)16)20-7-8-2-1-3-10(13(8)17)14(18)19/h1-6H,7H2,(H,18,19). The summed E-state index contributed by atoms with van der Waals surface area (Å²) < 4.78 is 32.6. The van der Waals surface area contributed by atoms with E-state index in [2.05, 4.69) is 15.9 Å². The van der Waals surface area contributed by atoms with Crippen LogP contribution in [0.4, 0.5) is 8.78 Å². The zero-order valence-corrected chi connectivity index (χ0v) is 11.7. The van der Waals surface area contributed by atoms with Gasteiger partial charge in [-0.1, -0.05) is 12.1 Å². The highest BCUT2D eigenvalue weighted by Crippen LogP contribution is 2.22. The van der Waals surface area contributed by atoms with Crippen molar-refractivity contribution in [1.82, 2.24) is 0 Å². The molecule has 0 unspecified atom stereocenters. The maximum Gasteiger partial charge on any atom is 0.338 e. The molecule has 20 heavy (non-hydrogen) atoms. The van der Waals surface area contributed by atoms with Gasteiger partial charge in [0, 0.05) is 11.6 Å². The molecular weight excluding hydrogens is 334 g/mol. The van der Waals surface area contributed by atoms with E-state index >= 15 is 0 Å². The number of benzene rings is 2. The number of rotatable bonds is 4. The van der Waals surface area contributed by atoms with Gasteiger partial charge >= 0.3 is 5.97 Å². The molecule has 0 saturated carbocycles. The van der Waals surface area contributed by atoms with Gasteiger partial charge in [0.15, 0.2) is 0 Å². The van der Waals surface area contributed by atoms with Gasteiger partial charge in [-0.15, -0.1) is 0 Å². The van der Waals surface area contributed by atoms with Crippen molar-refractivity contribution < 1.29 is 23.4 Å². The molecule has 0 aliphatic rings. The van der Waals surface area contributed by atoms with Crippen LogP contribution in [0.3, 0.4) is 0 Å². The molecule has 0 radical (unpaired) electrons. The highest BCUT2D eigenvalue weighted by atomic mass is 79.9. The first-order valence-electron chi connectivity index (χ1n) is 5.57. The summed E-state index contributed by atoms with van der Waals surface area (Å²) >= 11 is 3.01. The first-order chi connectivity index (χ1) is 9.49. The molecule has 0 saturated heterocycles. The maximum absolute atomic E-state index is 13.8. The van der Waals surface area contributed by atoms with E-state index in [0.29, 0.717) is 4.47 Å². The third-order valence-electron chi connectivity index (χ3n) is 2.59. The second-order valence-electron chi connectivity index (χ2n) is 3.95. The fourth-order valence-corrected chi connectivity index (χ4v) is 1.83. The van der Waals surface area contributed by atoms with Crippen molar-refractivity contribution in [3.63, 3.8) is 0 Å². The third kappa shape index (κ3) is 3.14. The lowest BCUT2D eigenvalue weighted by molar-refractivity contribution is 0.0691. The Hall–Kier alpha value is -1.95. The van der Waals surface area contributed by atoms with Crippen molar-refractivity contribution >= 4 is 21.9 Å². The van der Waals surface area contributed by atoms with Crippen molar-refractivity contribution in [2.24, 2.45) is 0 Å². The molecule has 1 N–H and O–H groups in total. The Bertz CT molecular complexity index is 659. The van der Waals surface area contributed by atoms with Gasteiger partial charge in [-0.25, -0.2) is 13.6 Å². The largest absolute Gasteiger partial charge is 0.489 e. The van der Waals surface area contributed by atoms with Crippen LogP contribution in [-0.2, 0) is 6.61 Å². The number of aromatic carboxylic acids is 1. The fourth-order valence-electron chi connectivity index (χ4n) is 1.58. The topological polar surface area (TPSA) is 46.5 Å². The average Bonchev–Trinajstić information content (AvgIpc) is 2.41. The van der Waals surface area contributed by atoms with Crippen LogP contribution < -0.4 is 4.74 Å². The Morgan fingerprint density at radius 2 is 2.00 bits per heavy atom. The van der Waals surface area contributed by atoms with Crippen LogP contribution in [-0.4, -0.2) is 11.1 Å². The Labute approximate surface area is 121 Å². The van der Waals surface area contributed by atoms with Crippen molar-refractivity contribution in [2.45, 2.75) is 6.61 Å². The van der Waals surface area contributed by atoms with E-state index in [1.54, 1.807) is 0 Å². The zero-order chi connectivity index (χ0) is 14.7. The molecule has 0 heterocycles. The number of carboxylic acid groups (broad SMARTS) is 1. The Kier molecular flexibility index (Phi) is 4.34. The van der Waals surface area contributed by atoms with Gasteiger partial charge in [0.05, 0.1) is 10.0 Å². The van der Waals surface area contributed by atoms with E-state index in [1.807, 2.05) is 0 Å². The first-order valence-corrected chi connectivity index (χ1v) is 6.37. The summed E-state index contributed by atoms with van der Waals surface area (Å²) in [4.78, 5) is 10.8. The molecule has 0 atom stereocenters. The Morgan fingerprint density at radius 1 is 1.25 bits per heavy atom. The predicted molar refractivity (Wildman–Crippen MR) is 71.8 cm³/mol. The fraction of sp³-hybridized carbons (Fsp3) is 0.0714. The molecule has 2 aromatic carbocycles. The van der Waals surface area contributed by atoms with Gasteiger partial charge < -0.3 is 9.84 Å². The van der Waals surface area contributed by atoms with Gasteiger partial charge in [0.25, 0.3) is 0 Å². The molecule has 0 amide bonds. The van der Waals surface area contributed by atoms with E-state index in [0.717, 1.165) is 6.07 Å². The minimum absolute atomic E-state index is 0.0910. The molecule has 3 nitrogen and oxygen atoms in total. The first kappa shape index (κ1) is 14.5. The molecule has 0 aromatic heterocycles. The van der Waals surface area contributed by atoms with Gasteiger partial charge in [-0.2, -0.15) is 0 Å². The van der Waals surface area contributed by atoms with Gasteiger partial charge in [-0.3, -0.25) is 0 Å². The van der Waals surface area contributed by atoms with Gasteiger partial charge in [0.2, 0.25) is 0 Å². The second-order valence-corrected chi connectivity index (χ2v) is 4.80. The van der Waals surface area contributed by atoms with E-state index in [9.17, 15) is 13.6 Å². The summed E-state index contributed by atoms with van der Waals surface area (Å²) in [6, 6.07) is 8.15. The number of halogens is 3. The minimum Gasteiger partial charge on any atom is -0.489 e. The number of hydrogen-bond donors (Lipinski definition) is 1. The van der Waals surface area contributed by atoms with Crippen molar-refractivity contribution in [3.8, 4) is 5.75 Å². The summed E-state index contributed by atoms with van der Waals surface area (Å²) in [5.74, 6) is -2.47. The van der Waals surface area contributed by atoms with Crippen LogP contribution in [0, 0.1) is 11.6 Å². The van der Waals surface area contributed by atoms with E-state index in [4.69, 9.17) is 9.84 Å². The highest BCUT2D eigenvalue weighted by Gasteiger charge is 2.14. The van der Waals surface area contributed by atoms with Crippen LogP contribution in [0.2, 0.25) is 0 Å². The second kappa shape index (κ2) is 6.00. The highest BCUT2D eigenvalue weighted by molar-refractivity contribution is 9.10. The van der Waals surface area contributed by atoms with Crippen molar-refractivity contribution in [1.29, 1.82) is 0 Å². The zero-order valence-electron chi connectivity index (χ0n) is 10.1. The number of hydrogen-bond acceptors (Lipinski definition) is 2. The lowest BCUT2D eigenvalue weighted by Gasteiger charge is -2.09. The average molecular weight is 343 g/mol. The molecule has 0 aliphatic carbocycles. The molecule has 0 spiro atoms. The van der Waals surface area contributed by atoms with Crippen LogP contribution in [0.15, 0.2) is 40.9 Å². The molecule has 104 valence electrons. The van der Waals surface area contributed by atoms with E-state index in [-0.39, 0.29) is 17.9 Å². The predicted octanol–water partition coefficient (Wildman–Crippen LogP) is 4.00. The molecule has 6 heteroatoms. The summed E-state index contributed by atoms with van der Waals surface area (Å²) in [6.07, 6.45) is 0. The normalized spacial score (nSPS) is 10.3. The molecular formula is C14H9BrF2O3. The molecule has 0 fully saturated rings. The molecule has 0 bridgehead atoms. The third-order valence-corrected chi connectivity index (χ3v) is 3.24. The molecule has 2 rings (SSSR count). The van der Waals surface area contributed by atoms with Gasteiger partial charge in [0.1, 0.15) is 24.0 Å². The number of carbonyl (C=O) groups is 1. The minimum atomic E-state index is -1.35. The maximum atomic E-state index is 13.8. The van der Waals surface area contributed by atoms with Crippen LogP contribution in [0.25, 0.3) is 0 Å². The Morgan fingerprint density at radius 3 is 2.65 bits per heavy atom.